The van der Waals surface area contributed by atoms with Crippen LogP contribution in [-0.2, 0) is 14.3 Å². The monoisotopic (exact) mass is 609 g/mol. The second kappa shape index (κ2) is 15.8. The minimum absolute atomic E-state index is 0.0460. The number of hydrogen-bond donors (Lipinski definition) is 3. The van der Waals surface area contributed by atoms with E-state index in [1.807, 2.05) is 13.0 Å². The van der Waals surface area contributed by atoms with Crippen molar-refractivity contribution in [2.45, 2.75) is 11.8 Å². The molecule has 0 bridgehead atoms. The maximum atomic E-state index is 13.4. The fourth-order valence-electron chi connectivity index (χ4n) is 4.01. The predicted octanol–water partition coefficient (Wildman–Crippen LogP) is 6.01. The average molecular weight is 610 g/mol. The SMILES string of the molecule is CCOc1ccc(/C=C(/NC(=O)c2ccccc2)C(=O)Nc2cccc(SCC(=O)Nc3ccccc3C(=O)OC)c2)cc1. The maximum Gasteiger partial charge on any atom is 0.339 e. The number of benzene rings is 4. The van der Waals surface area contributed by atoms with Gasteiger partial charge in [0.05, 0.1) is 30.7 Å². The van der Waals surface area contributed by atoms with Crippen LogP contribution in [0, 0.1) is 0 Å². The number of amides is 3. The molecule has 3 N–H and O–H groups in total. The van der Waals surface area contributed by atoms with E-state index in [2.05, 4.69) is 16.0 Å². The van der Waals surface area contributed by atoms with Crippen molar-refractivity contribution in [2.24, 2.45) is 0 Å². The Morgan fingerprint density at radius 3 is 2.27 bits per heavy atom. The van der Waals surface area contributed by atoms with E-state index in [-0.39, 0.29) is 22.9 Å². The van der Waals surface area contributed by atoms with Gasteiger partial charge in [0.25, 0.3) is 11.8 Å². The van der Waals surface area contributed by atoms with Gasteiger partial charge >= 0.3 is 5.97 Å². The Bertz CT molecular complexity index is 1660. The minimum Gasteiger partial charge on any atom is -0.494 e. The Kier molecular flexibility index (Phi) is 11.3. The molecule has 0 radical (unpaired) electrons. The number of carbonyl (C=O) groups is 4. The van der Waals surface area contributed by atoms with Crippen LogP contribution in [0.5, 0.6) is 5.75 Å². The van der Waals surface area contributed by atoms with Gasteiger partial charge in [-0.05, 0) is 73.2 Å². The lowest BCUT2D eigenvalue weighted by atomic mass is 10.1. The van der Waals surface area contributed by atoms with Crippen LogP contribution >= 0.6 is 11.8 Å². The van der Waals surface area contributed by atoms with Crippen LogP contribution in [0.1, 0.15) is 33.2 Å². The molecule has 0 atom stereocenters. The predicted molar refractivity (Wildman–Crippen MR) is 172 cm³/mol. The zero-order valence-corrected chi connectivity index (χ0v) is 25.0. The molecule has 224 valence electrons. The zero-order valence-electron chi connectivity index (χ0n) is 24.2. The first-order chi connectivity index (χ1) is 21.4. The molecule has 0 saturated heterocycles. The summed E-state index contributed by atoms with van der Waals surface area (Å²) in [5.41, 5.74) is 2.23. The normalized spacial score (nSPS) is 10.8. The van der Waals surface area contributed by atoms with Gasteiger partial charge in [-0.25, -0.2) is 4.79 Å². The van der Waals surface area contributed by atoms with Crippen LogP contribution in [0.4, 0.5) is 11.4 Å². The number of thioether (sulfide) groups is 1. The summed E-state index contributed by atoms with van der Waals surface area (Å²) < 4.78 is 10.3. The summed E-state index contributed by atoms with van der Waals surface area (Å²) >= 11 is 1.26. The third-order valence-corrected chi connectivity index (χ3v) is 7.09. The first-order valence-electron chi connectivity index (χ1n) is 13.7. The van der Waals surface area contributed by atoms with E-state index in [0.717, 1.165) is 4.90 Å². The standard InChI is InChI=1S/C34H31N3O6S/c1-3-43-26-18-16-23(17-19-26)20-30(37-32(39)24-10-5-4-6-11-24)33(40)35-25-12-9-13-27(21-25)44-22-31(38)36-29-15-8-7-14-28(29)34(41)42-2/h4-21H,3,22H2,1-2H3,(H,35,40)(H,36,38)(H,37,39)/b30-20+. The summed E-state index contributed by atoms with van der Waals surface area (Å²) in [4.78, 5) is 51.7. The van der Waals surface area contributed by atoms with E-state index < -0.39 is 17.8 Å². The molecule has 0 aliphatic heterocycles. The van der Waals surface area contributed by atoms with E-state index in [1.165, 1.54) is 18.9 Å². The average Bonchev–Trinajstić information content (AvgIpc) is 3.05. The Hall–Kier alpha value is -5.35. The summed E-state index contributed by atoms with van der Waals surface area (Å²) in [6.45, 7) is 2.42. The van der Waals surface area contributed by atoms with E-state index in [1.54, 1.807) is 103 Å². The second-order valence-electron chi connectivity index (χ2n) is 9.24. The lowest BCUT2D eigenvalue weighted by Gasteiger charge is -2.13. The van der Waals surface area contributed by atoms with Gasteiger partial charge in [-0.1, -0.05) is 48.5 Å². The highest BCUT2D eigenvalue weighted by atomic mass is 32.2. The topological polar surface area (TPSA) is 123 Å². The summed E-state index contributed by atoms with van der Waals surface area (Å²) in [6, 6.07) is 29.3. The van der Waals surface area contributed by atoms with Crippen molar-refractivity contribution in [1.82, 2.24) is 5.32 Å². The maximum absolute atomic E-state index is 13.4. The van der Waals surface area contributed by atoms with E-state index in [4.69, 9.17) is 9.47 Å². The molecule has 4 aromatic carbocycles. The van der Waals surface area contributed by atoms with Crippen molar-refractivity contribution in [3.63, 3.8) is 0 Å². The lowest BCUT2D eigenvalue weighted by molar-refractivity contribution is -0.114. The summed E-state index contributed by atoms with van der Waals surface area (Å²) in [7, 11) is 1.28. The van der Waals surface area contributed by atoms with Gasteiger partial charge in [-0.2, -0.15) is 0 Å². The van der Waals surface area contributed by atoms with Crippen LogP contribution in [0.2, 0.25) is 0 Å². The molecule has 0 heterocycles. The highest BCUT2D eigenvalue weighted by molar-refractivity contribution is 8.00. The number of nitrogens with one attached hydrogen (secondary N) is 3. The molecule has 0 aliphatic rings. The van der Waals surface area contributed by atoms with Gasteiger partial charge in [-0.15, -0.1) is 11.8 Å². The number of ether oxygens (including phenoxy) is 2. The van der Waals surface area contributed by atoms with Gasteiger partial charge in [0.1, 0.15) is 11.4 Å². The van der Waals surface area contributed by atoms with Crippen LogP contribution < -0.4 is 20.7 Å². The molecule has 3 amide bonds. The first kappa shape index (κ1) is 31.6. The lowest BCUT2D eigenvalue weighted by Crippen LogP contribution is -2.30. The fourth-order valence-corrected chi connectivity index (χ4v) is 4.77. The fraction of sp³-hybridized carbons (Fsp3) is 0.118. The van der Waals surface area contributed by atoms with Crippen LogP contribution in [0.25, 0.3) is 6.08 Å². The number of methoxy groups -OCH3 is 1. The highest BCUT2D eigenvalue weighted by Gasteiger charge is 2.16. The minimum atomic E-state index is -0.548. The second-order valence-corrected chi connectivity index (χ2v) is 10.3. The molecule has 4 rings (SSSR count). The van der Waals surface area contributed by atoms with Crippen molar-refractivity contribution in [1.29, 1.82) is 0 Å². The summed E-state index contributed by atoms with van der Waals surface area (Å²) in [5.74, 6) is -1.06. The van der Waals surface area contributed by atoms with Crippen molar-refractivity contribution in [3.8, 4) is 5.75 Å². The molecule has 10 heteroatoms. The van der Waals surface area contributed by atoms with Gasteiger partial charge in [0, 0.05) is 16.1 Å². The van der Waals surface area contributed by atoms with E-state index >= 15 is 0 Å². The molecule has 0 aromatic heterocycles. The third kappa shape index (κ3) is 9.07. The number of para-hydroxylation sites is 1. The third-order valence-electron chi connectivity index (χ3n) is 6.10. The van der Waals surface area contributed by atoms with Crippen LogP contribution in [-0.4, -0.2) is 43.2 Å². The summed E-state index contributed by atoms with van der Waals surface area (Å²) in [5, 5.41) is 8.29. The van der Waals surface area contributed by atoms with Gasteiger partial charge in [0.2, 0.25) is 5.91 Å². The highest BCUT2D eigenvalue weighted by Crippen LogP contribution is 2.23. The Morgan fingerprint density at radius 2 is 1.55 bits per heavy atom. The van der Waals surface area contributed by atoms with Crippen molar-refractivity contribution >= 4 is 52.9 Å². The smallest absolute Gasteiger partial charge is 0.339 e. The molecule has 0 spiro atoms. The molecular formula is C34H31N3O6S. The van der Waals surface area contributed by atoms with E-state index in [0.29, 0.717) is 34.9 Å². The van der Waals surface area contributed by atoms with Gasteiger partial charge in [-0.3, -0.25) is 14.4 Å². The van der Waals surface area contributed by atoms with Crippen LogP contribution in [0.15, 0.2) is 114 Å². The Labute approximate surface area is 259 Å². The molecule has 0 aliphatic carbocycles. The number of esters is 1. The number of carbonyl (C=O) groups excluding carboxylic acids is 4. The van der Waals surface area contributed by atoms with Crippen LogP contribution in [0.3, 0.4) is 0 Å². The molecule has 4 aromatic rings. The van der Waals surface area contributed by atoms with E-state index in [9.17, 15) is 19.2 Å². The van der Waals surface area contributed by atoms with Crippen molar-refractivity contribution in [2.75, 3.05) is 30.1 Å². The summed E-state index contributed by atoms with van der Waals surface area (Å²) in [6.07, 6.45) is 1.58. The number of hydrogen-bond acceptors (Lipinski definition) is 7. The first-order valence-corrected chi connectivity index (χ1v) is 14.7. The molecule has 0 saturated carbocycles. The van der Waals surface area contributed by atoms with Crippen molar-refractivity contribution < 1.29 is 28.7 Å². The molecule has 0 unspecified atom stereocenters. The zero-order chi connectivity index (χ0) is 31.3. The molecule has 0 fully saturated rings. The molecular weight excluding hydrogens is 578 g/mol. The quantitative estimate of drug-likeness (QED) is 0.102. The Morgan fingerprint density at radius 1 is 0.818 bits per heavy atom. The molecule has 44 heavy (non-hydrogen) atoms. The largest absolute Gasteiger partial charge is 0.494 e. The van der Waals surface area contributed by atoms with Gasteiger partial charge in [0.15, 0.2) is 0 Å². The van der Waals surface area contributed by atoms with Gasteiger partial charge < -0.3 is 25.4 Å². The van der Waals surface area contributed by atoms with Crippen molar-refractivity contribution in [3.05, 3.63) is 126 Å². The number of rotatable bonds is 12. The number of anilines is 2. The Balaban J connectivity index is 1.45. The molecule has 9 nitrogen and oxygen atoms in total.